The minimum atomic E-state index is -0.229. The van der Waals surface area contributed by atoms with Gasteiger partial charge < -0.3 is 16.2 Å². The first-order valence-electron chi connectivity index (χ1n) is 4.93. The highest BCUT2D eigenvalue weighted by molar-refractivity contribution is 5.78. The molecule has 0 bridgehead atoms. The zero-order chi connectivity index (χ0) is 9.68. The predicted molar refractivity (Wildman–Crippen MR) is 53.6 cm³/mol. The standard InChI is InChI=1S/C9H19N3O/c1-7(13)3-2-6-11-9(10)12-8-4-5-8/h7-8,13H,2-6H2,1H3,(H3,10,11,12). The van der Waals surface area contributed by atoms with Crippen molar-refractivity contribution in [3.8, 4) is 0 Å². The van der Waals surface area contributed by atoms with Crippen LogP contribution in [0.2, 0.25) is 0 Å². The van der Waals surface area contributed by atoms with Gasteiger partial charge in [-0.1, -0.05) is 0 Å². The van der Waals surface area contributed by atoms with Crippen LogP contribution < -0.4 is 11.1 Å². The molecule has 1 unspecified atom stereocenters. The van der Waals surface area contributed by atoms with Crippen LogP contribution in [0.5, 0.6) is 0 Å². The molecule has 1 saturated carbocycles. The summed E-state index contributed by atoms with van der Waals surface area (Å²) in [5.41, 5.74) is 5.61. The number of guanidine groups is 1. The number of aliphatic imine (C=N–C) groups is 1. The Labute approximate surface area is 79.2 Å². The van der Waals surface area contributed by atoms with Crippen LogP contribution >= 0.6 is 0 Å². The Morgan fingerprint density at radius 3 is 2.92 bits per heavy atom. The van der Waals surface area contributed by atoms with Crippen LogP contribution in [0, 0.1) is 0 Å². The molecule has 0 saturated heterocycles. The van der Waals surface area contributed by atoms with Crippen molar-refractivity contribution in [3.63, 3.8) is 0 Å². The van der Waals surface area contributed by atoms with Crippen molar-refractivity contribution >= 4 is 5.96 Å². The monoisotopic (exact) mass is 185 g/mol. The van der Waals surface area contributed by atoms with Crippen molar-refractivity contribution < 1.29 is 5.11 Å². The Bertz CT molecular complexity index is 176. The molecule has 0 amide bonds. The number of nitrogens with two attached hydrogens (primary N) is 1. The first-order chi connectivity index (χ1) is 6.18. The lowest BCUT2D eigenvalue weighted by Gasteiger charge is -2.03. The topological polar surface area (TPSA) is 70.6 Å². The van der Waals surface area contributed by atoms with E-state index in [4.69, 9.17) is 10.8 Å². The maximum Gasteiger partial charge on any atom is 0.188 e. The Morgan fingerprint density at radius 1 is 1.69 bits per heavy atom. The van der Waals surface area contributed by atoms with Crippen LogP contribution in [0.15, 0.2) is 4.99 Å². The summed E-state index contributed by atoms with van der Waals surface area (Å²) in [5.74, 6) is 0.549. The highest BCUT2D eigenvalue weighted by atomic mass is 16.3. The lowest BCUT2D eigenvalue weighted by Crippen LogP contribution is -2.33. The van der Waals surface area contributed by atoms with Crippen LogP contribution in [0.1, 0.15) is 32.6 Å². The van der Waals surface area contributed by atoms with Crippen LogP contribution in [-0.2, 0) is 0 Å². The molecule has 13 heavy (non-hydrogen) atoms. The maximum absolute atomic E-state index is 8.98. The Balaban J connectivity index is 2.00. The fourth-order valence-corrected chi connectivity index (χ4v) is 1.07. The number of nitrogens with zero attached hydrogens (tertiary/aromatic N) is 1. The normalized spacial score (nSPS) is 20.0. The molecule has 0 radical (unpaired) electrons. The van der Waals surface area contributed by atoms with E-state index in [1.807, 2.05) is 0 Å². The summed E-state index contributed by atoms with van der Waals surface area (Å²) < 4.78 is 0. The quantitative estimate of drug-likeness (QED) is 0.326. The maximum atomic E-state index is 8.98. The van der Waals surface area contributed by atoms with Gasteiger partial charge in [0.15, 0.2) is 5.96 Å². The Hall–Kier alpha value is -0.770. The first kappa shape index (κ1) is 10.3. The third kappa shape index (κ3) is 5.47. The van der Waals surface area contributed by atoms with E-state index >= 15 is 0 Å². The molecule has 0 aromatic carbocycles. The molecule has 4 N–H and O–H groups in total. The van der Waals surface area contributed by atoms with Crippen molar-refractivity contribution in [1.29, 1.82) is 0 Å². The second-order valence-electron chi connectivity index (χ2n) is 3.68. The second kappa shape index (κ2) is 5.07. The minimum absolute atomic E-state index is 0.229. The highest BCUT2D eigenvalue weighted by Crippen LogP contribution is 2.17. The van der Waals surface area contributed by atoms with E-state index < -0.39 is 0 Å². The van der Waals surface area contributed by atoms with E-state index in [0.29, 0.717) is 18.5 Å². The molecule has 0 aromatic heterocycles. The van der Waals surface area contributed by atoms with Crippen molar-refractivity contribution in [3.05, 3.63) is 0 Å². The van der Waals surface area contributed by atoms with Crippen molar-refractivity contribution in [2.24, 2.45) is 10.7 Å². The fourth-order valence-electron chi connectivity index (χ4n) is 1.07. The van der Waals surface area contributed by atoms with E-state index in [1.54, 1.807) is 6.92 Å². The molecule has 1 atom stereocenters. The molecule has 1 rings (SSSR count). The van der Waals surface area contributed by atoms with Crippen molar-refractivity contribution in [2.45, 2.75) is 44.8 Å². The molecule has 1 aliphatic rings. The van der Waals surface area contributed by atoms with Gasteiger partial charge in [0.2, 0.25) is 0 Å². The van der Waals surface area contributed by atoms with Gasteiger partial charge in [-0.05, 0) is 32.6 Å². The number of hydrogen-bond acceptors (Lipinski definition) is 2. The molecule has 0 heterocycles. The van der Waals surface area contributed by atoms with E-state index in [-0.39, 0.29) is 6.10 Å². The van der Waals surface area contributed by atoms with Crippen LogP contribution in [0.25, 0.3) is 0 Å². The van der Waals surface area contributed by atoms with Gasteiger partial charge in [0, 0.05) is 12.6 Å². The number of aliphatic hydroxyl groups excluding tert-OH is 1. The summed E-state index contributed by atoms with van der Waals surface area (Å²) >= 11 is 0. The summed E-state index contributed by atoms with van der Waals surface area (Å²) in [6.07, 6.45) is 3.88. The van der Waals surface area contributed by atoms with Crippen LogP contribution in [0.3, 0.4) is 0 Å². The number of hydrogen-bond donors (Lipinski definition) is 3. The molecule has 1 aliphatic carbocycles. The SMILES string of the molecule is CC(O)CCCN=C(N)NC1CC1. The average molecular weight is 185 g/mol. The van der Waals surface area contributed by atoms with Gasteiger partial charge in [0.25, 0.3) is 0 Å². The molecule has 4 nitrogen and oxygen atoms in total. The summed E-state index contributed by atoms with van der Waals surface area (Å²) in [4.78, 5) is 4.15. The van der Waals surface area contributed by atoms with Crippen LogP contribution in [-0.4, -0.2) is 29.8 Å². The summed E-state index contributed by atoms with van der Waals surface area (Å²) in [6, 6.07) is 0.570. The molecule has 4 heteroatoms. The molecule has 0 spiro atoms. The van der Waals surface area contributed by atoms with Gasteiger partial charge in [0.05, 0.1) is 6.10 Å². The molecular formula is C9H19N3O. The molecule has 1 fully saturated rings. The lowest BCUT2D eigenvalue weighted by atomic mass is 10.2. The van der Waals surface area contributed by atoms with Gasteiger partial charge in [-0.2, -0.15) is 0 Å². The number of rotatable bonds is 5. The second-order valence-corrected chi connectivity index (χ2v) is 3.68. The summed E-state index contributed by atoms with van der Waals surface area (Å²) in [7, 11) is 0. The van der Waals surface area contributed by atoms with Gasteiger partial charge in [0.1, 0.15) is 0 Å². The molecular weight excluding hydrogens is 166 g/mol. The van der Waals surface area contributed by atoms with Gasteiger partial charge in [-0.15, -0.1) is 0 Å². The van der Waals surface area contributed by atoms with Crippen molar-refractivity contribution in [2.75, 3.05) is 6.54 Å². The van der Waals surface area contributed by atoms with E-state index in [0.717, 1.165) is 12.8 Å². The number of aliphatic hydroxyl groups is 1. The zero-order valence-corrected chi connectivity index (χ0v) is 8.16. The van der Waals surface area contributed by atoms with Gasteiger partial charge in [-0.25, -0.2) is 0 Å². The van der Waals surface area contributed by atoms with Gasteiger partial charge >= 0.3 is 0 Å². The first-order valence-corrected chi connectivity index (χ1v) is 4.93. The molecule has 0 aromatic rings. The third-order valence-corrected chi connectivity index (χ3v) is 1.99. The van der Waals surface area contributed by atoms with Crippen molar-refractivity contribution in [1.82, 2.24) is 5.32 Å². The van der Waals surface area contributed by atoms with E-state index in [9.17, 15) is 0 Å². The zero-order valence-electron chi connectivity index (χ0n) is 8.16. The predicted octanol–water partition coefficient (Wildman–Crippen LogP) is 0.214. The lowest BCUT2D eigenvalue weighted by molar-refractivity contribution is 0.182. The van der Waals surface area contributed by atoms with E-state index in [2.05, 4.69) is 10.3 Å². The third-order valence-electron chi connectivity index (χ3n) is 1.99. The minimum Gasteiger partial charge on any atom is -0.393 e. The van der Waals surface area contributed by atoms with Gasteiger partial charge in [-0.3, -0.25) is 4.99 Å². The van der Waals surface area contributed by atoms with E-state index in [1.165, 1.54) is 12.8 Å². The average Bonchev–Trinajstić information content (AvgIpc) is 2.81. The Kier molecular flexibility index (Phi) is 4.02. The Morgan fingerprint density at radius 2 is 2.38 bits per heavy atom. The summed E-state index contributed by atoms with van der Waals surface area (Å²) in [6.45, 7) is 2.49. The largest absolute Gasteiger partial charge is 0.393 e. The van der Waals surface area contributed by atoms with Crippen LogP contribution in [0.4, 0.5) is 0 Å². The fraction of sp³-hybridized carbons (Fsp3) is 0.889. The summed E-state index contributed by atoms with van der Waals surface area (Å²) in [5, 5.41) is 12.1. The number of nitrogens with one attached hydrogen (secondary N) is 1. The smallest absolute Gasteiger partial charge is 0.188 e. The highest BCUT2D eigenvalue weighted by Gasteiger charge is 2.21. The molecule has 0 aliphatic heterocycles. The molecule has 76 valence electrons.